The van der Waals surface area contributed by atoms with Crippen molar-refractivity contribution in [3.05, 3.63) is 36.0 Å². The Balaban J connectivity index is 2.11. The van der Waals surface area contributed by atoms with Crippen molar-refractivity contribution in [2.45, 2.75) is 159 Å². The molecule has 2 aromatic rings. The molecular formula is C46H73N13O15. The van der Waals surface area contributed by atoms with Crippen molar-refractivity contribution in [1.29, 1.82) is 0 Å². The second-order valence-corrected chi connectivity index (χ2v) is 18.6. The van der Waals surface area contributed by atoms with Gasteiger partial charge in [-0.3, -0.25) is 47.9 Å². The van der Waals surface area contributed by atoms with Crippen LogP contribution in [0.4, 0.5) is 0 Å². The van der Waals surface area contributed by atoms with Crippen LogP contribution in [-0.2, 0) is 59.1 Å². The summed E-state index contributed by atoms with van der Waals surface area (Å²) < 4.78 is 5.60. The molecule has 21 N–H and O–H groups in total. The third-order valence-electron chi connectivity index (χ3n) is 11.8. The highest BCUT2D eigenvalue weighted by Crippen LogP contribution is 2.22. The molecule has 1 aromatic carbocycles. The highest BCUT2D eigenvalue weighted by molar-refractivity contribution is 6.00. The number of fused-ring (bicyclic) bond motifs is 1. The standard InChI is InChI=1S/C46H73N13O15/c1-20(2)14-28(39(50)67)54-45(73)35(22(4)61)59-44(72)30(16-33(49)63)56-43(71)31(17-34(64)58-46-36(52-23(5)62)38(66)37(65)32(19-60)74-46)57-42(70)29(15-24-18-51-26-11-7-6-10-25(24)26)55-41(69)27(12-8-9-13-47)53-40(68)21(3)48/h6-7,10-11,18,20-22,27-32,35-38,46,51,60-61,65-66H,8-9,12-17,19,47-48H2,1-5H3,(H2,49,63)(H2,50,67)(H,52,62)(H,53,68)(H,54,73)(H,55,69)(H,56,71)(H,57,70)(H,58,64)(H,59,72)/t21-,22?,27-,28-,29-,30-,31-,32?,35-,36?,37+,38+,46+/m0/s1. The number of aromatic amines is 1. The van der Waals surface area contributed by atoms with Gasteiger partial charge < -0.3 is 95.6 Å². The monoisotopic (exact) mass is 1050 g/mol. The Morgan fingerprint density at radius 3 is 1.85 bits per heavy atom. The lowest BCUT2D eigenvalue weighted by atomic mass is 9.95. The van der Waals surface area contributed by atoms with Crippen LogP contribution in [0.25, 0.3) is 10.9 Å². The first-order valence-electron chi connectivity index (χ1n) is 24.1. The number of para-hydroxylation sites is 1. The second kappa shape index (κ2) is 29.2. The summed E-state index contributed by atoms with van der Waals surface area (Å²) in [7, 11) is 0. The smallest absolute Gasteiger partial charge is 0.245 e. The number of nitrogens with two attached hydrogens (primary N) is 4. The molecule has 13 atom stereocenters. The number of carbonyl (C=O) groups is 10. The molecule has 28 heteroatoms. The van der Waals surface area contributed by atoms with E-state index in [1.807, 2.05) is 0 Å². The van der Waals surface area contributed by atoms with Gasteiger partial charge in [-0.25, -0.2) is 0 Å². The SMILES string of the molecule is CC(=O)NC1[C@H](NC(=O)C[C@H](NC(=O)[C@H](Cc2c[nH]c3ccccc23)NC(=O)[C@H](CCCCN)NC(=O)[C@H](C)N)C(=O)N[C@@H](CC(N)=O)C(=O)N[C@H](C(=O)N[C@@H](CC(C)C)C(N)=O)C(C)O)OC(CO)[C@@H](O)[C@@H]1O. The molecule has 3 unspecified atom stereocenters. The van der Waals surface area contributed by atoms with Gasteiger partial charge in [0.1, 0.15) is 60.6 Å². The number of hydrogen-bond donors (Lipinski definition) is 17. The largest absolute Gasteiger partial charge is 0.394 e. The van der Waals surface area contributed by atoms with Crippen molar-refractivity contribution in [3.8, 4) is 0 Å². The number of H-pyrrole nitrogens is 1. The summed E-state index contributed by atoms with van der Waals surface area (Å²) in [5.41, 5.74) is 23.5. The Hall–Kier alpha value is -6.82. The second-order valence-electron chi connectivity index (χ2n) is 18.6. The third kappa shape index (κ3) is 18.6. The van der Waals surface area contributed by atoms with E-state index in [2.05, 4.69) is 47.5 Å². The van der Waals surface area contributed by atoms with Crippen LogP contribution in [0, 0.1) is 5.92 Å². The van der Waals surface area contributed by atoms with Gasteiger partial charge in [0.25, 0.3) is 0 Å². The summed E-state index contributed by atoms with van der Waals surface area (Å²) in [5.74, 6) is -10.5. The van der Waals surface area contributed by atoms with Crippen LogP contribution < -0.4 is 65.5 Å². The topological polar surface area (TPSA) is 477 Å². The van der Waals surface area contributed by atoms with Gasteiger partial charge >= 0.3 is 0 Å². The van der Waals surface area contributed by atoms with Gasteiger partial charge in [0, 0.05) is 30.4 Å². The minimum Gasteiger partial charge on any atom is -0.394 e. The quantitative estimate of drug-likeness (QED) is 0.0337. The van der Waals surface area contributed by atoms with Crippen LogP contribution in [0.3, 0.4) is 0 Å². The van der Waals surface area contributed by atoms with E-state index < -0.39 is 157 Å². The van der Waals surface area contributed by atoms with E-state index in [9.17, 15) is 68.4 Å². The summed E-state index contributed by atoms with van der Waals surface area (Å²) in [5, 5.41) is 61.5. The average molecular weight is 1050 g/mol. The summed E-state index contributed by atoms with van der Waals surface area (Å²) in [4.78, 5) is 137. The van der Waals surface area contributed by atoms with Crippen molar-refractivity contribution in [1.82, 2.24) is 47.5 Å². The number of unbranched alkanes of at least 4 members (excludes halogenated alkanes) is 1. The number of aliphatic hydroxyl groups is 4. The van der Waals surface area contributed by atoms with Gasteiger partial charge in [0.05, 0.1) is 31.6 Å². The molecule has 1 aromatic heterocycles. The van der Waals surface area contributed by atoms with E-state index in [4.69, 9.17) is 27.7 Å². The number of aliphatic hydroxyl groups excluding tert-OH is 4. The zero-order valence-electron chi connectivity index (χ0n) is 41.9. The van der Waals surface area contributed by atoms with Gasteiger partial charge in [0.2, 0.25) is 59.1 Å². The maximum absolute atomic E-state index is 14.7. The van der Waals surface area contributed by atoms with E-state index in [1.54, 1.807) is 44.3 Å². The molecule has 2 heterocycles. The van der Waals surface area contributed by atoms with Gasteiger partial charge in [0.15, 0.2) is 6.23 Å². The number of carbonyl (C=O) groups excluding carboxylic acids is 10. The Bertz CT molecular complexity index is 2300. The number of rotatable bonds is 29. The Morgan fingerprint density at radius 2 is 1.28 bits per heavy atom. The first-order valence-corrected chi connectivity index (χ1v) is 24.1. The summed E-state index contributed by atoms with van der Waals surface area (Å²) in [6.07, 6.45) is -8.20. The zero-order chi connectivity index (χ0) is 55.6. The Morgan fingerprint density at radius 1 is 0.716 bits per heavy atom. The number of hydrogen-bond acceptors (Lipinski definition) is 17. The van der Waals surface area contributed by atoms with Crippen LogP contribution in [0.1, 0.15) is 78.7 Å². The minimum absolute atomic E-state index is 0.0598. The first kappa shape index (κ1) is 61.5. The van der Waals surface area contributed by atoms with E-state index in [0.717, 1.165) is 13.8 Å². The molecule has 0 saturated carbocycles. The molecule has 1 aliphatic rings. The van der Waals surface area contributed by atoms with Crippen molar-refractivity contribution < 1.29 is 73.1 Å². The van der Waals surface area contributed by atoms with Crippen LogP contribution in [0.15, 0.2) is 30.5 Å². The van der Waals surface area contributed by atoms with Crippen LogP contribution in [0.5, 0.6) is 0 Å². The number of primary amides is 2. The van der Waals surface area contributed by atoms with E-state index >= 15 is 0 Å². The predicted molar refractivity (Wildman–Crippen MR) is 262 cm³/mol. The lowest BCUT2D eigenvalue weighted by Crippen LogP contribution is -2.68. The van der Waals surface area contributed by atoms with Crippen LogP contribution in [0.2, 0.25) is 0 Å². The summed E-state index contributed by atoms with van der Waals surface area (Å²) in [6, 6.07) is -5.59. The molecule has 0 radical (unpaired) electrons. The lowest BCUT2D eigenvalue weighted by Gasteiger charge is -2.42. The highest BCUT2D eigenvalue weighted by Gasteiger charge is 2.46. The maximum Gasteiger partial charge on any atom is 0.245 e. The lowest BCUT2D eigenvalue weighted by molar-refractivity contribution is -0.203. The summed E-state index contributed by atoms with van der Waals surface area (Å²) in [6.45, 7) is 6.46. The molecule has 1 fully saturated rings. The van der Waals surface area contributed by atoms with E-state index in [-0.39, 0.29) is 31.7 Å². The van der Waals surface area contributed by atoms with Gasteiger partial charge in [-0.2, -0.15) is 0 Å². The fourth-order valence-corrected chi connectivity index (χ4v) is 7.91. The third-order valence-corrected chi connectivity index (χ3v) is 11.8. The van der Waals surface area contributed by atoms with Gasteiger partial charge in [-0.05, 0) is 63.6 Å². The van der Waals surface area contributed by atoms with Gasteiger partial charge in [-0.15, -0.1) is 0 Å². The number of amides is 10. The Labute approximate surface area is 426 Å². The first-order chi connectivity index (χ1) is 34.8. The zero-order valence-corrected chi connectivity index (χ0v) is 41.9. The number of ether oxygens (including phenoxy) is 1. The molecule has 10 amide bonds. The minimum atomic E-state index is -2.07. The molecule has 412 valence electrons. The van der Waals surface area contributed by atoms with Crippen molar-refractivity contribution in [2.24, 2.45) is 28.9 Å². The van der Waals surface area contributed by atoms with Crippen LogP contribution >= 0.6 is 0 Å². The van der Waals surface area contributed by atoms with Crippen molar-refractivity contribution in [3.63, 3.8) is 0 Å². The maximum atomic E-state index is 14.7. The van der Waals surface area contributed by atoms with E-state index in [0.29, 0.717) is 29.3 Å². The summed E-state index contributed by atoms with van der Waals surface area (Å²) >= 11 is 0. The molecular weight excluding hydrogens is 975 g/mol. The number of nitrogens with one attached hydrogen (secondary N) is 9. The molecule has 3 rings (SSSR count). The molecule has 0 aliphatic carbocycles. The molecule has 74 heavy (non-hydrogen) atoms. The number of benzene rings is 1. The molecule has 28 nitrogen and oxygen atoms in total. The predicted octanol–water partition coefficient (Wildman–Crippen LogP) is -6.67. The van der Waals surface area contributed by atoms with Crippen molar-refractivity contribution in [2.75, 3.05) is 13.2 Å². The average Bonchev–Trinajstić information content (AvgIpc) is 3.73. The van der Waals surface area contributed by atoms with Crippen LogP contribution in [-0.4, -0.2) is 177 Å². The molecule has 0 spiro atoms. The highest BCUT2D eigenvalue weighted by atomic mass is 16.5. The number of aromatic nitrogens is 1. The molecule has 0 bridgehead atoms. The molecule has 1 saturated heterocycles. The fourth-order valence-electron chi connectivity index (χ4n) is 7.91. The van der Waals surface area contributed by atoms with Crippen molar-refractivity contribution >= 4 is 70.0 Å². The molecule has 1 aliphatic heterocycles. The fraction of sp³-hybridized carbons (Fsp3) is 0.609. The van der Waals surface area contributed by atoms with Gasteiger partial charge in [-0.1, -0.05) is 32.0 Å². The Kier molecular flexibility index (Phi) is 24.2. The van der Waals surface area contributed by atoms with E-state index in [1.165, 1.54) is 6.92 Å². The normalized spacial score (nSPS) is 20.7.